The molecular weight excluding hydrogens is 342 g/mol. The van der Waals surface area contributed by atoms with Gasteiger partial charge in [-0.15, -0.1) is 0 Å². The van der Waals surface area contributed by atoms with Crippen molar-refractivity contribution in [1.82, 2.24) is 14.9 Å². The van der Waals surface area contributed by atoms with Gasteiger partial charge >= 0.3 is 0 Å². The summed E-state index contributed by atoms with van der Waals surface area (Å²) in [6.07, 6.45) is 3.95. The van der Waals surface area contributed by atoms with Gasteiger partial charge in [0, 0.05) is 24.1 Å². The first-order valence-electron chi connectivity index (χ1n) is 9.44. The Labute approximate surface area is 158 Å². The van der Waals surface area contributed by atoms with Crippen LogP contribution in [0.25, 0.3) is 11.3 Å². The Morgan fingerprint density at radius 3 is 2.85 bits per heavy atom. The van der Waals surface area contributed by atoms with Crippen LogP contribution in [-0.4, -0.2) is 59.8 Å². The molecule has 5 heterocycles. The van der Waals surface area contributed by atoms with Crippen molar-refractivity contribution in [2.24, 2.45) is 10.9 Å². The van der Waals surface area contributed by atoms with Crippen molar-refractivity contribution in [3.05, 3.63) is 36.7 Å². The molecule has 2 bridgehead atoms. The van der Waals surface area contributed by atoms with Crippen LogP contribution in [0.4, 0.5) is 5.82 Å². The van der Waals surface area contributed by atoms with Crippen molar-refractivity contribution in [1.29, 1.82) is 0 Å². The molecule has 4 aliphatic heterocycles. The molecule has 0 aliphatic carbocycles. The summed E-state index contributed by atoms with van der Waals surface area (Å²) < 4.78 is 11.8. The van der Waals surface area contributed by atoms with Gasteiger partial charge in [-0.3, -0.25) is 10.2 Å². The van der Waals surface area contributed by atoms with Gasteiger partial charge in [0.25, 0.3) is 6.02 Å². The average Bonchev–Trinajstić information content (AvgIpc) is 3.10. The number of nitrogens with zero attached hydrogens (tertiary/aromatic N) is 4. The van der Waals surface area contributed by atoms with Gasteiger partial charge in [0.1, 0.15) is 23.5 Å². The number of hydrogen-bond acceptors (Lipinski definition) is 7. The lowest BCUT2D eigenvalue weighted by Crippen LogP contribution is -2.61. The van der Waals surface area contributed by atoms with Gasteiger partial charge in [0.2, 0.25) is 0 Å². The molecule has 7 heteroatoms. The lowest BCUT2D eigenvalue weighted by Gasteiger charge is -2.50. The number of amidine groups is 1. The minimum Gasteiger partial charge on any atom is -0.496 e. The highest BCUT2D eigenvalue weighted by molar-refractivity contribution is 5.90. The smallest absolute Gasteiger partial charge is 0.291 e. The monoisotopic (exact) mass is 365 g/mol. The molecule has 1 atom stereocenters. The van der Waals surface area contributed by atoms with Gasteiger partial charge in [0.05, 0.1) is 19.3 Å². The van der Waals surface area contributed by atoms with Gasteiger partial charge in [-0.25, -0.2) is 15.0 Å². The number of methoxy groups -OCH3 is 1. The summed E-state index contributed by atoms with van der Waals surface area (Å²) in [6.45, 7) is 4.07. The average molecular weight is 365 g/mol. The highest BCUT2D eigenvalue weighted by Gasteiger charge is 2.51. The number of anilines is 1. The minimum absolute atomic E-state index is 0.155. The molecule has 1 aromatic carbocycles. The molecule has 2 aromatic rings. The summed E-state index contributed by atoms with van der Waals surface area (Å²) in [4.78, 5) is 15.8. The zero-order valence-corrected chi connectivity index (χ0v) is 15.4. The number of hydrogen-bond donors (Lipinski definition) is 1. The number of fused-ring (bicyclic) bond motifs is 2. The molecule has 1 N–H and O–H groups in total. The maximum atomic E-state index is 6.33. The van der Waals surface area contributed by atoms with Crippen molar-refractivity contribution >= 4 is 11.8 Å². The summed E-state index contributed by atoms with van der Waals surface area (Å²) in [5.41, 5.74) is 1.56. The molecule has 0 radical (unpaired) electrons. The Morgan fingerprint density at radius 2 is 2.07 bits per heavy atom. The first-order chi connectivity index (χ1) is 13.3. The molecule has 4 aliphatic rings. The maximum Gasteiger partial charge on any atom is 0.291 e. The van der Waals surface area contributed by atoms with Crippen LogP contribution in [-0.2, 0) is 4.74 Å². The van der Waals surface area contributed by atoms with Crippen molar-refractivity contribution in [3.8, 4) is 17.0 Å². The molecule has 27 heavy (non-hydrogen) atoms. The molecule has 6 rings (SSSR count). The molecular formula is C20H23N5O2. The molecule has 0 saturated carbocycles. The van der Waals surface area contributed by atoms with Crippen molar-refractivity contribution in [2.45, 2.75) is 18.4 Å². The molecule has 0 unspecified atom stereocenters. The van der Waals surface area contributed by atoms with E-state index in [1.807, 2.05) is 30.3 Å². The van der Waals surface area contributed by atoms with Crippen LogP contribution >= 0.6 is 0 Å². The van der Waals surface area contributed by atoms with Gasteiger partial charge in [0.15, 0.2) is 0 Å². The number of aromatic nitrogens is 2. The molecule has 7 nitrogen and oxygen atoms in total. The number of nitrogens with one attached hydrogen (secondary N) is 1. The van der Waals surface area contributed by atoms with E-state index in [1.165, 1.54) is 25.9 Å². The number of piperidine rings is 3. The summed E-state index contributed by atoms with van der Waals surface area (Å²) >= 11 is 0. The van der Waals surface area contributed by atoms with Gasteiger partial charge in [-0.05, 0) is 38.1 Å². The third kappa shape index (κ3) is 2.92. The second kappa shape index (κ2) is 6.49. The van der Waals surface area contributed by atoms with E-state index < -0.39 is 0 Å². The Bertz CT molecular complexity index is 878. The van der Waals surface area contributed by atoms with Crippen LogP contribution in [0.5, 0.6) is 5.75 Å². The van der Waals surface area contributed by atoms with Crippen molar-refractivity contribution in [3.63, 3.8) is 0 Å². The zero-order valence-electron chi connectivity index (χ0n) is 15.4. The molecule has 3 fully saturated rings. The van der Waals surface area contributed by atoms with E-state index >= 15 is 0 Å². The van der Waals surface area contributed by atoms with Crippen molar-refractivity contribution < 1.29 is 9.47 Å². The lowest BCUT2D eigenvalue weighted by molar-refractivity contribution is -0.0829. The third-order valence-corrected chi connectivity index (χ3v) is 5.90. The molecule has 1 spiro atoms. The van der Waals surface area contributed by atoms with E-state index in [4.69, 9.17) is 9.47 Å². The van der Waals surface area contributed by atoms with Gasteiger partial charge < -0.3 is 9.47 Å². The summed E-state index contributed by atoms with van der Waals surface area (Å²) in [5.74, 6) is 2.05. The Kier molecular flexibility index (Phi) is 3.97. The van der Waals surface area contributed by atoms with Gasteiger partial charge in [-0.1, -0.05) is 12.1 Å². The minimum atomic E-state index is -0.155. The van der Waals surface area contributed by atoms with Crippen molar-refractivity contribution in [2.75, 3.05) is 38.6 Å². The second-order valence-corrected chi connectivity index (χ2v) is 7.45. The summed E-state index contributed by atoms with van der Waals surface area (Å²) in [5, 5.41) is 3.24. The first-order valence-corrected chi connectivity index (χ1v) is 9.44. The van der Waals surface area contributed by atoms with Crippen LogP contribution in [0, 0.1) is 5.92 Å². The number of rotatable bonds is 3. The number of benzene rings is 1. The fourth-order valence-electron chi connectivity index (χ4n) is 4.49. The van der Waals surface area contributed by atoms with Gasteiger partial charge in [-0.2, -0.15) is 0 Å². The van der Waals surface area contributed by atoms with Crippen LogP contribution in [0.3, 0.4) is 0 Å². The van der Waals surface area contributed by atoms with E-state index in [-0.39, 0.29) is 5.60 Å². The van der Waals surface area contributed by atoms with Crippen LogP contribution in [0.2, 0.25) is 0 Å². The predicted molar refractivity (Wildman–Crippen MR) is 103 cm³/mol. The second-order valence-electron chi connectivity index (χ2n) is 7.45. The Balaban J connectivity index is 1.34. The molecule has 1 aromatic heterocycles. The fraction of sp³-hybridized carbons (Fsp3) is 0.450. The predicted octanol–water partition coefficient (Wildman–Crippen LogP) is 2.41. The van der Waals surface area contributed by atoms with E-state index in [0.29, 0.717) is 17.8 Å². The Morgan fingerprint density at radius 1 is 1.22 bits per heavy atom. The molecule has 0 amide bonds. The van der Waals surface area contributed by atoms with E-state index in [9.17, 15) is 0 Å². The first kappa shape index (κ1) is 16.5. The van der Waals surface area contributed by atoms with E-state index in [0.717, 1.165) is 30.1 Å². The topological polar surface area (TPSA) is 71.9 Å². The number of aliphatic imine (C=N–C) groups is 1. The molecule has 3 saturated heterocycles. The fourth-order valence-corrected chi connectivity index (χ4v) is 4.49. The van der Waals surface area contributed by atoms with E-state index in [1.54, 1.807) is 13.4 Å². The standard InChI is InChI=1S/C20H23N5O2/c1-26-17-5-3-2-4-15(17)16-10-18(23-13-22-16)24-19-21-11-20(27-19)12-25-8-6-14(20)7-9-25/h2-5,10,13-14H,6-9,11-12H2,1H3,(H,21,22,23,24)/t20-/m0/s1. The number of para-hydroxylation sites is 1. The quantitative estimate of drug-likeness (QED) is 0.901. The highest BCUT2D eigenvalue weighted by atomic mass is 16.5. The Hall–Kier alpha value is -2.67. The normalized spacial score (nSPS) is 28.7. The largest absolute Gasteiger partial charge is 0.496 e. The van der Waals surface area contributed by atoms with Crippen LogP contribution < -0.4 is 10.1 Å². The SMILES string of the molecule is COc1ccccc1-c1cc(NC2=NC[C@@]3(CN4CCC3CC4)O2)ncn1. The lowest BCUT2D eigenvalue weighted by atomic mass is 9.75. The van der Waals surface area contributed by atoms with Crippen LogP contribution in [0.1, 0.15) is 12.8 Å². The molecule has 140 valence electrons. The summed E-state index contributed by atoms with van der Waals surface area (Å²) in [6, 6.07) is 10.3. The third-order valence-electron chi connectivity index (χ3n) is 5.90. The van der Waals surface area contributed by atoms with Crippen LogP contribution in [0.15, 0.2) is 41.7 Å². The zero-order chi connectivity index (χ0) is 18.3. The maximum absolute atomic E-state index is 6.33. The highest BCUT2D eigenvalue weighted by Crippen LogP contribution is 2.41. The summed E-state index contributed by atoms with van der Waals surface area (Å²) in [7, 11) is 1.66. The van der Waals surface area contributed by atoms with E-state index in [2.05, 4.69) is 25.2 Å². The number of ether oxygens (including phenoxy) is 2.